The standard InChI is InChI=1S/C12H18O/c1-3-4-8-12-10(2)6-5-7-11(12)9-13/h3-4,7,9-10,12H,5-6,8H2,1-2H3. The Morgan fingerprint density at radius 2 is 2.38 bits per heavy atom. The maximum Gasteiger partial charge on any atom is 0.146 e. The van der Waals surface area contributed by atoms with Crippen molar-refractivity contribution in [2.45, 2.75) is 33.1 Å². The zero-order chi connectivity index (χ0) is 9.68. The molecule has 0 spiro atoms. The number of allylic oxidation sites excluding steroid dienone is 4. The fraction of sp³-hybridized carbons (Fsp3) is 0.583. The summed E-state index contributed by atoms with van der Waals surface area (Å²) in [7, 11) is 0. The van der Waals surface area contributed by atoms with Gasteiger partial charge in [0.05, 0.1) is 0 Å². The molecule has 0 N–H and O–H groups in total. The quantitative estimate of drug-likeness (QED) is 0.479. The first-order chi connectivity index (χ1) is 6.29. The Balaban J connectivity index is 2.69. The summed E-state index contributed by atoms with van der Waals surface area (Å²) in [6.07, 6.45) is 10.7. The predicted molar refractivity (Wildman–Crippen MR) is 55.5 cm³/mol. The molecule has 0 aliphatic heterocycles. The molecule has 0 aromatic rings. The second kappa shape index (κ2) is 5.00. The number of hydrogen-bond donors (Lipinski definition) is 0. The van der Waals surface area contributed by atoms with Crippen molar-refractivity contribution in [1.29, 1.82) is 0 Å². The van der Waals surface area contributed by atoms with E-state index in [9.17, 15) is 4.79 Å². The Bertz CT molecular complexity index is 225. The van der Waals surface area contributed by atoms with Crippen LogP contribution in [0.1, 0.15) is 33.1 Å². The highest BCUT2D eigenvalue weighted by molar-refractivity contribution is 5.74. The summed E-state index contributed by atoms with van der Waals surface area (Å²) >= 11 is 0. The Kier molecular flexibility index (Phi) is 3.94. The summed E-state index contributed by atoms with van der Waals surface area (Å²) in [5.41, 5.74) is 1.01. The molecule has 0 bridgehead atoms. The van der Waals surface area contributed by atoms with Gasteiger partial charge in [-0.05, 0) is 43.6 Å². The fourth-order valence-electron chi connectivity index (χ4n) is 1.98. The molecule has 1 heteroatoms. The molecule has 0 saturated carbocycles. The van der Waals surface area contributed by atoms with Crippen LogP contribution in [0.2, 0.25) is 0 Å². The second-order valence-corrected chi connectivity index (χ2v) is 3.79. The van der Waals surface area contributed by atoms with Gasteiger partial charge >= 0.3 is 0 Å². The van der Waals surface area contributed by atoms with Crippen LogP contribution < -0.4 is 0 Å². The Morgan fingerprint density at radius 3 is 3.00 bits per heavy atom. The maximum absolute atomic E-state index is 10.8. The zero-order valence-corrected chi connectivity index (χ0v) is 8.49. The molecule has 0 aromatic heterocycles. The Morgan fingerprint density at radius 1 is 1.62 bits per heavy atom. The van der Waals surface area contributed by atoms with Gasteiger partial charge in [0.1, 0.15) is 6.29 Å². The maximum atomic E-state index is 10.8. The number of aldehydes is 1. The molecule has 0 fully saturated rings. The van der Waals surface area contributed by atoms with Crippen LogP contribution in [0.25, 0.3) is 0 Å². The fourth-order valence-corrected chi connectivity index (χ4v) is 1.98. The average molecular weight is 178 g/mol. The minimum Gasteiger partial charge on any atom is -0.298 e. The van der Waals surface area contributed by atoms with Crippen LogP contribution in [0.4, 0.5) is 0 Å². The molecule has 0 aromatic carbocycles. The van der Waals surface area contributed by atoms with Gasteiger partial charge in [0.25, 0.3) is 0 Å². The lowest BCUT2D eigenvalue weighted by Gasteiger charge is -2.26. The molecule has 0 heterocycles. The molecule has 2 unspecified atom stereocenters. The summed E-state index contributed by atoms with van der Waals surface area (Å²) in [5.74, 6) is 1.11. The summed E-state index contributed by atoms with van der Waals surface area (Å²) < 4.78 is 0. The number of rotatable bonds is 3. The monoisotopic (exact) mass is 178 g/mol. The minimum absolute atomic E-state index is 0.461. The van der Waals surface area contributed by atoms with E-state index in [4.69, 9.17) is 0 Å². The highest BCUT2D eigenvalue weighted by Gasteiger charge is 2.22. The van der Waals surface area contributed by atoms with Gasteiger partial charge in [0, 0.05) is 0 Å². The molecule has 0 radical (unpaired) electrons. The Labute approximate surface area is 80.5 Å². The second-order valence-electron chi connectivity index (χ2n) is 3.79. The van der Waals surface area contributed by atoms with E-state index in [2.05, 4.69) is 25.2 Å². The first kappa shape index (κ1) is 10.2. The van der Waals surface area contributed by atoms with Crippen molar-refractivity contribution in [3.8, 4) is 0 Å². The van der Waals surface area contributed by atoms with Gasteiger partial charge in [-0.3, -0.25) is 4.79 Å². The normalized spacial score (nSPS) is 28.9. The summed E-state index contributed by atoms with van der Waals surface area (Å²) in [6.45, 7) is 4.27. The molecule has 1 nitrogen and oxygen atoms in total. The van der Waals surface area contributed by atoms with E-state index in [0.717, 1.165) is 24.7 Å². The van der Waals surface area contributed by atoms with Crippen molar-refractivity contribution in [1.82, 2.24) is 0 Å². The van der Waals surface area contributed by atoms with Gasteiger partial charge in [-0.15, -0.1) is 0 Å². The molecule has 72 valence electrons. The summed E-state index contributed by atoms with van der Waals surface area (Å²) in [4.78, 5) is 10.8. The first-order valence-corrected chi connectivity index (χ1v) is 5.06. The van der Waals surface area contributed by atoms with Gasteiger partial charge in [-0.25, -0.2) is 0 Å². The lowest BCUT2D eigenvalue weighted by Crippen LogP contribution is -2.18. The topological polar surface area (TPSA) is 17.1 Å². The van der Waals surface area contributed by atoms with Crippen molar-refractivity contribution in [3.63, 3.8) is 0 Å². The summed E-state index contributed by atoms with van der Waals surface area (Å²) in [5, 5.41) is 0. The third kappa shape index (κ3) is 2.55. The van der Waals surface area contributed by atoms with Gasteiger partial charge in [0.2, 0.25) is 0 Å². The van der Waals surface area contributed by atoms with Gasteiger partial charge < -0.3 is 0 Å². The molecule has 0 saturated heterocycles. The van der Waals surface area contributed by atoms with Crippen LogP contribution in [0, 0.1) is 11.8 Å². The summed E-state index contributed by atoms with van der Waals surface area (Å²) in [6, 6.07) is 0. The van der Waals surface area contributed by atoms with Crippen LogP contribution in [-0.2, 0) is 4.79 Å². The van der Waals surface area contributed by atoms with Crippen LogP contribution in [0.3, 0.4) is 0 Å². The number of carbonyl (C=O) groups is 1. The first-order valence-electron chi connectivity index (χ1n) is 5.06. The smallest absolute Gasteiger partial charge is 0.146 e. The molecule has 0 amide bonds. The molecule has 1 aliphatic carbocycles. The van der Waals surface area contributed by atoms with E-state index in [-0.39, 0.29) is 0 Å². The van der Waals surface area contributed by atoms with Crippen molar-refractivity contribution >= 4 is 6.29 Å². The van der Waals surface area contributed by atoms with Gasteiger partial charge in [-0.1, -0.05) is 25.2 Å². The molecule has 1 aliphatic rings. The third-order valence-corrected chi connectivity index (χ3v) is 2.88. The van der Waals surface area contributed by atoms with E-state index in [0.29, 0.717) is 11.8 Å². The highest BCUT2D eigenvalue weighted by atomic mass is 16.1. The van der Waals surface area contributed by atoms with Crippen LogP contribution in [-0.4, -0.2) is 6.29 Å². The van der Waals surface area contributed by atoms with Crippen molar-refractivity contribution in [2.24, 2.45) is 11.8 Å². The minimum atomic E-state index is 0.461. The van der Waals surface area contributed by atoms with Crippen LogP contribution in [0.5, 0.6) is 0 Å². The van der Waals surface area contributed by atoms with Crippen molar-refractivity contribution in [2.75, 3.05) is 0 Å². The number of carbonyl (C=O) groups excluding carboxylic acids is 1. The highest BCUT2D eigenvalue weighted by Crippen LogP contribution is 2.31. The van der Waals surface area contributed by atoms with Gasteiger partial charge in [-0.2, -0.15) is 0 Å². The lowest BCUT2D eigenvalue weighted by atomic mass is 9.78. The van der Waals surface area contributed by atoms with Gasteiger partial charge in [0.15, 0.2) is 0 Å². The van der Waals surface area contributed by atoms with E-state index in [1.165, 1.54) is 6.42 Å². The van der Waals surface area contributed by atoms with E-state index >= 15 is 0 Å². The lowest BCUT2D eigenvalue weighted by molar-refractivity contribution is -0.105. The Hall–Kier alpha value is -0.850. The molecular weight excluding hydrogens is 160 g/mol. The third-order valence-electron chi connectivity index (χ3n) is 2.88. The van der Waals surface area contributed by atoms with E-state index < -0.39 is 0 Å². The van der Waals surface area contributed by atoms with Crippen molar-refractivity contribution in [3.05, 3.63) is 23.8 Å². The van der Waals surface area contributed by atoms with E-state index in [1.54, 1.807) is 0 Å². The SMILES string of the molecule is CC=CCC1C(C=O)=CCCC1C. The molecular formula is C12H18O. The molecule has 2 atom stereocenters. The van der Waals surface area contributed by atoms with E-state index in [1.807, 2.05) is 6.92 Å². The molecule has 1 rings (SSSR count). The largest absolute Gasteiger partial charge is 0.298 e. The zero-order valence-electron chi connectivity index (χ0n) is 8.49. The molecule has 13 heavy (non-hydrogen) atoms. The number of hydrogen-bond acceptors (Lipinski definition) is 1. The predicted octanol–water partition coefficient (Wildman–Crippen LogP) is 3.12. The van der Waals surface area contributed by atoms with Crippen LogP contribution in [0.15, 0.2) is 23.8 Å². The van der Waals surface area contributed by atoms with Crippen LogP contribution >= 0.6 is 0 Å². The average Bonchev–Trinajstić information content (AvgIpc) is 2.15. The van der Waals surface area contributed by atoms with Crippen molar-refractivity contribution < 1.29 is 4.79 Å².